The molecule has 15 nitrogen and oxygen atoms in total. The summed E-state index contributed by atoms with van der Waals surface area (Å²) < 4.78 is 23.1. The quantitative estimate of drug-likeness (QED) is 0.407. The number of rotatable bonds is 12. The third kappa shape index (κ3) is 6.93. The predicted molar refractivity (Wildman–Crippen MR) is 93.3 cm³/mol. The number of nitrogens with zero attached hydrogens (tertiary/aromatic N) is 8. The van der Waals surface area contributed by atoms with Crippen LogP contribution in [0.4, 0.5) is 4.79 Å². The van der Waals surface area contributed by atoms with Crippen molar-refractivity contribution in [3.8, 4) is 0 Å². The van der Waals surface area contributed by atoms with Gasteiger partial charge >= 0.3 is 6.16 Å². The fraction of sp³-hybridized carbons (Fsp3) is 0.667. The summed E-state index contributed by atoms with van der Waals surface area (Å²) in [6, 6.07) is 0. The van der Waals surface area contributed by atoms with Crippen LogP contribution >= 0.6 is 0 Å². The molecule has 0 unspecified atom stereocenters. The first-order valence-corrected chi connectivity index (χ1v) is 8.83. The first-order chi connectivity index (χ1) is 14.3. The molecule has 0 spiro atoms. The van der Waals surface area contributed by atoms with E-state index in [4.69, 9.17) is 18.9 Å². The molecule has 0 radical (unpaired) electrons. The second-order valence-electron chi connectivity index (χ2n) is 6.15. The van der Waals surface area contributed by atoms with Crippen molar-refractivity contribution in [3.63, 3.8) is 0 Å². The molecule has 0 saturated carbocycles. The van der Waals surface area contributed by atoms with Crippen LogP contribution in [0.3, 0.4) is 0 Å². The highest BCUT2D eigenvalue weighted by atomic mass is 16.7. The Morgan fingerprint density at radius 1 is 0.800 bits per heavy atom. The summed E-state index contributed by atoms with van der Waals surface area (Å²) in [6.45, 7) is 5.55. The molecule has 0 bridgehead atoms. The smallest absolute Gasteiger partial charge is 0.408 e. The molecule has 2 rings (SSSR count). The molecular formula is C15H22N8O7. The number of tetrazole rings is 2. The van der Waals surface area contributed by atoms with E-state index in [-0.39, 0.29) is 49.6 Å². The summed E-state index contributed by atoms with van der Waals surface area (Å²) in [7, 11) is 0. The molecule has 0 aliphatic carbocycles. The van der Waals surface area contributed by atoms with Crippen molar-refractivity contribution in [2.75, 3.05) is 13.2 Å². The molecule has 0 amide bonds. The van der Waals surface area contributed by atoms with Gasteiger partial charge in [-0.25, -0.2) is 4.79 Å². The van der Waals surface area contributed by atoms with Gasteiger partial charge in [0.15, 0.2) is 35.7 Å². The zero-order valence-electron chi connectivity index (χ0n) is 16.9. The summed E-state index contributed by atoms with van der Waals surface area (Å²) in [5, 5.41) is 22.0. The Morgan fingerprint density at radius 3 is 1.57 bits per heavy atom. The molecule has 0 aliphatic heterocycles. The van der Waals surface area contributed by atoms with Gasteiger partial charge in [0.1, 0.15) is 26.4 Å². The lowest BCUT2D eigenvalue weighted by Gasteiger charge is -2.17. The molecule has 2 heterocycles. The first-order valence-electron chi connectivity index (χ1n) is 8.83. The van der Waals surface area contributed by atoms with E-state index in [0.717, 1.165) is 0 Å². The van der Waals surface area contributed by atoms with E-state index in [1.54, 1.807) is 0 Å². The Bertz CT molecular complexity index is 799. The Hall–Kier alpha value is -3.33. The lowest BCUT2D eigenvalue weighted by atomic mass is 10.5. The number of carbonyl (C=O) groups is 3. The molecule has 0 N–H and O–H groups in total. The minimum atomic E-state index is -1.02. The molecule has 164 valence electrons. The van der Waals surface area contributed by atoms with Crippen molar-refractivity contribution < 1.29 is 33.3 Å². The minimum absolute atomic E-state index is 0.0417. The second-order valence-corrected chi connectivity index (χ2v) is 6.15. The summed E-state index contributed by atoms with van der Waals surface area (Å²) in [5.74, 6) is 0.221. The van der Waals surface area contributed by atoms with Gasteiger partial charge in [0.05, 0.1) is 0 Å². The number of Topliss-reactive ketones (excluding diaryl/α,β-unsaturated/α-hetero) is 2. The van der Waals surface area contributed by atoms with Gasteiger partial charge < -0.3 is 18.9 Å². The molecular weight excluding hydrogens is 404 g/mol. The summed E-state index contributed by atoms with van der Waals surface area (Å²) in [5.41, 5.74) is 0. The summed E-state index contributed by atoms with van der Waals surface area (Å²) in [6.07, 6.45) is -2.85. The van der Waals surface area contributed by atoms with Crippen LogP contribution in [-0.4, -0.2) is 71.4 Å². The molecule has 2 atom stereocenters. The standard InChI is InChI=1S/C15H22N8O7/c1-9(24)5-27-7-13-16-18-20-22(13)11(3)29-15(26)30-12(4)23-14(17-19-21-23)8-28-6-10(2)25/h11-12H,5-8H2,1-4H3/t11-,12-/m0/s1. The van der Waals surface area contributed by atoms with Crippen LogP contribution in [0.5, 0.6) is 0 Å². The number of ketones is 2. The lowest BCUT2D eigenvalue weighted by molar-refractivity contribution is -0.122. The maximum atomic E-state index is 12.1. The second kappa shape index (κ2) is 11.0. The zero-order chi connectivity index (χ0) is 22.1. The molecule has 2 aromatic rings. The highest BCUT2D eigenvalue weighted by Crippen LogP contribution is 2.14. The van der Waals surface area contributed by atoms with Gasteiger partial charge in [0.2, 0.25) is 0 Å². The number of aromatic nitrogens is 8. The van der Waals surface area contributed by atoms with Crippen molar-refractivity contribution in [1.29, 1.82) is 0 Å². The molecule has 0 saturated heterocycles. The van der Waals surface area contributed by atoms with E-state index in [1.165, 1.54) is 37.1 Å². The van der Waals surface area contributed by atoms with Crippen molar-refractivity contribution in [2.45, 2.75) is 53.4 Å². The Balaban J connectivity index is 1.89. The van der Waals surface area contributed by atoms with E-state index in [1.807, 2.05) is 0 Å². The number of ether oxygens (including phenoxy) is 4. The van der Waals surface area contributed by atoms with Crippen LogP contribution in [-0.2, 0) is 41.8 Å². The van der Waals surface area contributed by atoms with E-state index in [9.17, 15) is 14.4 Å². The van der Waals surface area contributed by atoms with Gasteiger partial charge in [-0.1, -0.05) is 0 Å². The van der Waals surface area contributed by atoms with Gasteiger partial charge in [-0.15, -0.1) is 10.2 Å². The fourth-order valence-electron chi connectivity index (χ4n) is 2.16. The molecule has 0 aromatic carbocycles. The van der Waals surface area contributed by atoms with Gasteiger partial charge in [-0.3, -0.25) is 9.59 Å². The van der Waals surface area contributed by atoms with Crippen molar-refractivity contribution in [2.24, 2.45) is 0 Å². The van der Waals surface area contributed by atoms with Crippen LogP contribution in [0.2, 0.25) is 0 Å². The van der Waals surface area contributed by atoms with Crippen LogP contribution in [0, 0.1) is 0 Å². The molecule has 0 aliphatic rings. The Labute approximate surface area is 170 Å². The van der Waals surface area contributed by atoms with Gasteiger partial charge in [0, 0.05) is 0 Å². The SMILES string of the molecule is CC(=O)COCc1nnnn1[C@H](C)OC(=O)O[C@@H](C)n1nnnc1COCC(C)=O. The summed E-state index contributed by atoms with van der Waals surface area (Å²) >= 11 is 0. The van der Waals surface area contributed by atoms with Gasteiger partial charge in [-0.2, -0.15) is 9.36 Å². The Morgan fingerprint density at radius 2 is 1.20 bits per heavy atom. The monoisotopic (exact) mass is 426 g/mol. The van der Waals surface area contributed by atoms with Gasteiger partial charge in [-0.05, 0) is 48.5 Å². The molecule has 30 heavy (non-hydrogen) atoms. The van der Waals surface area contributed by atoms with Crippen molar-refractivity contribution in [3.05, 3.63) is 11.6 Å². The van der Waals surface area contributed by atoms with Crippen molar-refractivity contribution in [1.82, 2.24) is 40.4 Å². The normalized spacial score (nSPS) is 12.9. The average Bonchev–Trinajstić information content (AvgIpc) is 3.30. The largest absolute Gasteiger partial charge is 0.512 e. The highest BCUT2D eigenvalue weighted by Gasteiger charge is 2.22. The third-order valence-corrected chi connectivity index (χ3v) is 3.42. The predicted octanol–water partition coefficient (Wildman–Crippen LogP) is -0.239. The van der Waals surface area contributed by atoms with E-state index in [0.29, 0.717) is 0 Å². The van der Waals surface area contributed by atoms with E-state index < -0.39 is 18.6 Å². The fourth-order valence-corrected chi connectivity index (χ4v) is 2.16. The minimum Gasteiger partial charge on any atom is -0.408 e. The zero-order valence-corrected chi connectivity index (χ0v) is 16.9. The van der Waals surface area contributed by atoms with Crippen LogP contribution in [0.25, 0.3) is 0 Å². The number of hydrogen-bond donors (Lipinski definition) is 0. The number of carbonyl (C=O) groups excluding carboxylic acids is 3. The molecule has 0 fully saturated rings. The maximum absolute atomic E-state index is 12.1. The molecule has 2 aromatic heterocycles. The van der Waals surface area contributed by atoms with Crippen molar-refractivity contribution >= 4 is 17.7 Å². The van der Waals surface area contributed by atoms with Crippen LogP contribution in [0.15, 0.2) is 0 Å². The van der Waals surface area contributed by atoms with E-state index in [2.05, 4.69) is 31.1 Å². The lowest BCUT2D eigenvalue weighted by Crippen LogP contribution is -2.23. The first kappa shape index (κ1) is 23.0. The topological polar surface area (TPSA) is 175 Å². The summed E-state index contributed by atoms with van der Waals surface area (Å²) in [4.78, 5) is 34.0. The van der Waals surface area contributed by atoms with Crippen LogP contribution in [0.1, 0.15) is 51.8 Å². The Kier molecular flexibility index (Phi) is 8.42. The average molecular weight is 426 g/mol. The maximum Gasteiger partial charge on any atom is 0.512 e. The van der Waals surface area contributed by atoms with Crippen LogP contribution < -0.4 is 0 Å². The molecule has 15 heteroatoms. The third-order valence-electron chi connectivity index (χ3n) is 3.42. The van der Waals surface area contributed by atoms with E-state index >= 15 is 0 Å². The number of hydrogen-bond acceptors (Lipinski definition) is 13. The highest BCUT2D eigenvalue weighted by molar-refractivity contribution is 5.76. The van der Waals surface area contributed by atoms with Gasteiger partial charge in [0.25, 0.3) is 0 Å².